The number of hydrogen-bond donors (Lipinski definition) is 0. The number of ether oxygens (including phenoxy) is 2. The van der Waals surface area contributed by atoms with E-state index < -0.39 is 0 Å². The van der Waals surface area contributed by atoms with E-state index in [1.54, 1.807) is 7.11 Å². The number of carbonyl (C=O) groups excluding carboxylic acids is 1. The molecule has 0 bridgehead atoms. The minimum absolute atomic E-state index is 0.0661. The number of rotatable bonds is 6. The third-order valence-corrected chi connectivity index (χ3v) is 11.3. The minimum atomic E-state index is 0.0661. The fourth-order valence-corrected chi connectivity index (χ4v) is 8.76. The van der Waals surface area contributed by atoms with Gasteiger partial charge in [0.15, 0.2) is 0 Å². The lowest BCUT2D eigenvalue weighted by atomic mass is 9.53. The van der Waals surface area contributed by atoms with Gasteiger partial charge < -0.3 is 18.9 Å². The number of aliphatic imine (C=N–C) groups is 1. The zero-order chi connectivity index (χ0) is 27.4. The topological polar surface area (TPSA) is 68.9 Å². The smallest absolute Gasteiger partial charge is 0.254 e. The molecule has 5 fully saturated rings. The van der Waals surface area contributed by atoms with Crippen LogP contribution in [0.3, 0.4) is 0 Å². The zero-order valence-electron chi connectivity index (χ0n) is 24.0. The van der Waals surface area contributed by atoms with Crippen molar-refractivity contribution in [1.82, 2.24) is 14.5 Å². The second kappa shape index (κ2) is 8.90. The second-order valence-corrected chi connectivity index (χ2v) is 13.5. The molecule has 2 unspecified atom stereocenters. The maximum absolute atomic E-state index is 13.8. The molecule has 3 saturated carbocycles. The number of pyridine rings is 1. The number of aromatic nitrogens is 2. The number of amides is 1. The molecule has 5 heterocycles. The van der Waals surface area contributed by atoms with Gasteiger partial charge >= 0.3 is 0 Å². The van der Waals surface area contributed by atoms with Crippen LogP contribution >= 0.6 is 0 Å². The average Bonchev–Trinajstić information content (AvgIpc) is 3.66. The molecule has 5 atom stereocenters. The van der Waals surface area contributed by atoms with Crippen molar-refractivity contribution in [2.45, 2.75) is 69.9 Å². The Morgan fingerprint density at radius 1 is 1.07 bits per heavy atom. The summed E-state index contributed by atoms with van der Waals surface area (Å²) in [6.45, 7) is 5.75. The molecule has 9 rings (SSSR count). The Bertz CT molecular complexity index is 1610. The molecule has 7 nitrogen and oxygen atoms in total. The molecule has 3 aliphatic carbocycles. The molecular formula is C34H38N4O3. The van der Waals surface area contributed by atoms with Crippen LogP contribution in [0.4, 0.5) is 5.69 Å². The monoisotopic (exact) mass is 550 g/mol. The maximum Gasteiger partial charge on any atom is 0.254 e. The largest absolute Gasteiger partial charge is 0.496 e. The Balaban J connectivity index is 1.10. The van der Waals surface area contributed by atoms with Gasteiger partial charge in [0.25, 0.3) is 5.91 Å². The van der Waals surface area contributed by atoms with Crippen molar-refractivity contribution >= 4 is 28.3 Å². The lowest BCUT2D eigenvalue weighted by molar-refractivity contribution is -0.0204. The van der Waals surface area contributed by atoms with Gasteiger partial charge in [-0.05, 0) is 92.5 Å². The summed E-state index contributed by atoms with van der Waals surface area (Å²) in [5.41, 5.74) is 7.14. The highest BCUT2D eigenvalue weighted by atomic mass is 16.5. The van der Waals surface area contributed by atoms with E-state index in [-0.39, 0.29) is 11.8 Å². The molecule has 0 spiro atoms. The third-order valence-electron chi connectivity index (χ3n) is 11.3. The number of nitrogens with zero attached hydrogens (tertiary/aromatic N) is 4. The third kappa shape index (κ3) is 3.63. The fraction of sp³-hybridized carbons (Fsp3) is 0.559. The van der Waals surface area contributed by atoms with E-state index >= 15 is 0 Å². The molecule has 7 heteroatoms. The van der Waals surface area contributed by atoms with Crippen molar-refractivity contribution in [3.8, 4) is 5.75 Å². The highest BCUT2D eigenvalue weighted by Gasteiger charge is 2.61. The summed E-state index contributed by atoms with van der Waals surface area (Å²) in [5, 5.41) is 1.17. The first-order valence-corrected chi connectivity index (χ1v) is 15.8. The van der Waals surface area contributed by atoms with Crippen molar-refractivity contribution in [1.29, 1.82) is 0 Å². The van der Waals surface area contributed by atoms with Gasteiger partial charge in [-0.2, -0.15) is 0 Å². The molecule has 1 aromatic carbocycles. The van der Waals surface area contributed by atoms with Gasteiger partial charge in [0.1, 0.15) is 11.4 Å². The first-order valence-electron chi connectivity index (χ1n) is 15.8. The van der Waals surface area contributed by atoms with Crippen molar-refractivity contribution < 1.29 is 14.3 Å². The Labute approximate surface area is 240 Å². The molecule has 6 aliphatic rings. The zero-order valence-corrected chi connectivity index (χ0v) is 24.0. The molecule has 2 saturated heterocycles. The van der Waals surface area contributed by atoms with E-state index in [1.807, 2.05) is 12.1 Å². The Morgan fingerprint density at radius 3 is 2.68 bits per heavy atom. The highest BCUT2D eigenvalue weighted by molar-refractivity contribution is 6.12. The number of methoxy groups -OCH3 is 1. The van der Waals surface area contributed by atoms with Gasteiger partial charge in [-0.25, -0.2) is 4.98 Å². The van der Waals surface area contributed by atoms with Gasteiger partial charge in [-0.3, -0.25) is 9.79 Å². The van der Waals surface area contributed by atoms with Crippen LogP contribution in [0.5, 0.6) is 5.75 Å². The standard InChI is InChI=1S/C34H38N4O3/c1-18-30-26(12-23(15-29(30)40-2)34(39)38-17-24-11-22-14-27(38)31(22)24)35-32(18)28-13-21-5-6-25(20-7-9-41-10-8-20)36-33(21)37(28)16-19-3-4-19/h5-6,12-13,15,18-20,22,24,27,31H,3-4,7-11,14,16-17H2,1-2H3/t18?,22?,24-,27-,31-/m1/s1. The van der Waals surface area contributed by atoms with Crippen LogP contribution in [0.15, 0.2) is 35.3 Å². The molecule has 3 aromatic rings. The van der Waals surface area contributed by atoms with Gasteiger partial charge in [0.2, 0.25) is 0 Å². The number of likely N-dealkylation sites (tertiary alicyclic amines) is 1. The van der Waals surface area contributed by atoms with E-state index in [9.17, 15) is 4.79 Å². The van der Waals surface area contributed by atoms with Crippen LogP contribution in [0.25, 0.3) is 11.0 Å². The fourth-order valence-electron chi connectivity index (χ4n) is 8.76. The van der Waals surface area contributed by atoms with Gasteiger partial charge in [0.05, 0.1) is 24.2 Å². The van der Waals surface area contributed by atoms with Crippen LogP contribution in [0, 0.1) is 23.7 Å². The van der Waals surface area contributed by atoms with Crippen LogP contribution < -0.4 is 4.74 Å². The summed E-state index contributed by atoms with van der Waals surface area (Å²) in [4.78, 5) is 26.4. The summed E-state index contributed by atoms with van der Waals surface area (Å²) >= 11 is 0. The van der Waals surface area contributed by atoms with E-state index in [0.717, 1.165) is 91.0 Å². The van der Waals surface area contributed by atoms with Crippen LogP contribution in [0.1, 0.15) is 84.6 Å². The SMILES string of the molecule is COc1cc(C(=O)N2C[C@H]3CC4C[C@@H]2[C@H]43)cc2c1C(C)C(c1cc3ccc(C4CCOCC4)nc3n1CC1CC1)=N2. The average molecular weight is 551 g/mol. The molecule has 2 aromatic heterocycles. The quantitative estimate of drug-likeness (QED) is 0.374. The number of carbonyl (C=O) groups is 1. The van der Waals surface area contributed by atoms with Crippen molar-refractivity contribution in [3.05, 3.63) is 52.8 Å². The molecule has 212 valence electrons. The molecule has 0 N–H and O–H groups in total. The van der Waals surface area contributed by atoms with Crippen molar-refractivity contribution in [3.63, 3.8) is 0 Å². The van der Waals surface area contributed by atoms with Crippen molar-refractivity contribution in [2.24, 2.45) is 28.7 Å². The van der Waals surface area contributed by atoms with Gasteiger partial charge in [0, 0.05) is 66.4 Å². The number of hydrogen-bond acceptors (Lipinski definition) is 5. The predicted molar refractivity (Wildman–Crippen MR) is 157 cm³/mol. The normalized spacial score (nSPS) is 30.0. The molecule has 0 radical (unpaired) electrons. The Hall–Kier alpha value is -3.19. The summed E-state index contributed by atoms with van der Waals surface area (Å²) < 4.78 is 14.0. The molecule has 3 aliphatic heterocycles. The van der Waals surface area contributed by atoms with Crippen LogP contribution in [-0.2, 0) is 11.3 Å². The molecular weight excluding hydrogens is 512 g/mol. The number of fused-ring (bicyclic) bond motifs is 2. The highest BCUT2D eigenvalue weighted by Crippen LogP contribution is 2.61. The van der Waals surface area contributed by atoms with E-state index in [1.165, 1.54) is 36.8 Å². The second-order valence-electron chi connectivity index (χ2n) is 13.5. The minimum Gasteiger partial charge on any atom is -0.496 e. The van der Waals surface area contributed by atoms with E-state index in [0.29, 0.717) is 23.4 Å². The lowest BCUT2D eigenvalue weighted by Gasteiger charge is -2.52. The summed E-state index contributed by atoms with van der Waals surface area (Å²) in [7, 11) is 1.72. The van der Waals surface area contributed by atoms with E-state index in [2.05, 4.69) is 34.6 Å². The Kier molecular flexibility index (Phi) is 5.30. The lowest BCUT2D eigenvalue weighted by Crippen LogP contribution is -2.53. The van der Waals surface area contributed by atoms with Gasteiger partial charge in [-0.1, -0.05) is 6.92 Å². The summed E-state index contributed by atoms with van der Waals surface area (Å²) in [5.74, 6) is 4.50. The predicted octanol–water partition coefficient (Wildman–Crippen LogP) is 6.07. The molecule has 41 heavy (non-hydrogen) atoms. The van der Waals surface area contributed by atoms with Crippen molar-refractivity contribution in [2.75, 3.05) is 26.9 Å². The number of benzene rings is 1. The first kappa shape index (κ1) is 24.4. The van der Waals surface area contributed by atoms with Gasteiger partial charge in [-0.15, -0.1) is 0 Å². The Morgan fingerprint density at radius 2 is 1.93 bits per heavy atom. The van der Waals surface area contributed by atoms with E-state index in [4.69, 9.17) is 19.5 Å². The van der Waals surface area contributed by atoms with Crippen LogP contribution in [0.2, 0.25) is 0 Å². The molecule has 1 amide bonds. The maximum atomic E-state index is 13.8. The summed E-state index contributed by atoms with van der Waals surface area (Å²) in [6.07, 6.45) is 7.12. The first-order chi connectivity index (χ1) is 20.1. The van der Waals surface area contributed by atoms with Crippen LogP contribution in [-0.4, -0.2) is 59.0 Å². The summed E-state index contributed by atoms with van der Waals surface area (Å²) in [6, 6.07) is 11.2.